The van der Waals surface area contributed by atoms with E-state index in [0.29, 0.717) is 11.7 Å². The Balaban J connectivity index is 2.05. The van der Waals surface area contributed by atoms with Gasteiger partial charge in [0.15, 0.2) is 5.76 Å². The highest BCUT2D eigenvalue weighted by Crippen LogP contribution is 2.37. The number of nitrogens with zero attached hydrogens (tertiary/aromatic N) is 1. The van der Waals surface area contributed by atoms with Crippen molar-refractivity contribution in [3.63, 3.8) is 0 Å². The summed E-state index contributed by atoms with van der Waals surface area (Å²) in [4.78, 5) is 4.33. The second-order valence-electron chi connectivity index (χ2n) is 4.22. The normalized spacial score (nSPS) is 10.5. The molecule has 0 aliphatic rings. The summed E-state index contributed by atoms with van der Waals surface area (Å²) in [6, 6.07) is 15.6. The van der Waals surface area contributed by atoms with Crippen molar-refractivity contribution in [2.75, 3.05) is 7.11 Å². The molecule has 0 saturated carbocycles. The van der Waals surface area contributed by atoms with E-state index in [1.807, 2.05) is 48.5 Å². The molecule has 0 bridgehead atoms. The number of halogens is 1. The molecular formula is C16H12BrNO2. The van der Waals surface area contributed by atoms with Crippen LogP contribution in [0.1, 0.15) is 0 Å². The fraction of sp³-hybridized carbons (Fsp3) is 0.0625. The number of para-hydroxylation sites is 1. The molecule has 0 N–H and O–H groups in total. The Morgan fingerprint density at radius 2 is 1.85 bits per heavy atom. The second-order valence-corrected chi connectivity index (χ2v) is 5.07. The van der Waals surface area contributed by atoms with Gasteiger partial charge in [0, 0.05) is 5.56 Å². The van der Waals surface area contributed by atoms with Crippen LogP contribution in [0.5, 0.6) is 5.75 Å². The lowest BCUT2D eigenvalue weighted by atomic mass is 10.1. The first kappa shape index (κ1) is 12.9. The molecule has 3 aromatic rings. The van der Waals surface area contributed by atoms with Crippen molar-refractivity contribution >= 4 is 15.9 Å². The number of aromatic nitrogens is 1. The van der Waals surface area contributed by atoms with Gasteiger partial charge in [-0.25, -0.2) is 4.98 Å². The Morgan fingerprint density at radius 1 is 1.05 bits per heavy atom. The number of hydrogen-bond donors (Lipinski definition) is 0. The fourth-order valence-corrected chi connectivity index (χ4v) is 2.55. The Morgan fingerprint density at radius 3 is 2.60 bits per heavy atom. The van der Waals surface area contributed by atoms with Gasteiger partial charge in [0.1, 0.15) is 5.75 Å². The lowest BCUT2D eigenvalue weighted by Crippen LogP contribution is -1.87. The van der Waals surface area contributed by atoms with Crippen molar-refractivity contribution < 1.29 is 9.15 Å². The van der Waals surface area contributed by atoms with Crippen molar-refractivity contribution in [3.05, 3.63) is 59.2 Å². The van der Waals surface area contributed by atoms with Crippen LogP contribution < -0.4 is 4.74 Å². The SMILES string of the molecule is COc1c(Br)cccc1-c1cnc(-c2ccccc2)o1. The van der Waals surface area contributed by atoms with Gasteiger partial charge in [0.25, 0.3) is 0 Å². The van der Waals surface area contributed by atoms with E-state index in [0.717, 1.165) is 21.3 Å². The standard InChI is InChI=1S/C16H12BrNO2/c1-19-15-12(8-5-9-13(15)17)14-10-18-16(20-14)11-6-3-2-4-7-11/h2-10H,1H3. The van der Waals surface area contributed by atoms with E-state index >= 15 is 0 Å². The van der Waals surface area contributed by atoms with Crippen LogP contribution in [0.15, 0.2) is 63.6 Å². The maximum atomic E-state index is 5.84. The minimum atomic E-state index is 0.600. The Bertz CT molecular complexity index is 722. The molecule has 0 saturated heterocycles. The molecule has 0 aliphatic carbocycles. The molecule has 3 rings (SSSR count). The van der Waals surface area contributed by atoms with Gasteiger partial charge in [-0.2, -0.15) is 0 Å². The summed E-state index contributed by atoms with van der Waals surface area (Å²) in [7, 11) is 1.64. The van der Waals surface area contributed by atoms with Gasteiger partial charge in [-0.1, -0.05) is 24.3 Å². The first-order valence-corrected chi connectivity index (χ1v) is 6.93. The number of rotatable bonds is 3. The van der Waals surface area contributed by atoms with E-state index in [9.17, 15) is 0 Å². The summed E-state index contributed by atoms with van der Waals surface area (Å²) in [5, 5.41) is 0. The molecule has 0 aliphatic heterocycles. The molecular weight excluding hydrogens is 318 g/mol. The number of methoxy groups -OCH3 is 1. The zero-order valence-electron chi connectivity index (χ0n) is 10.8. The van der Waals surface area contributed by atoms with Crippen LogP contribution in [0.3, 0.4) is 0 Å². The summed E-state index contributed by atoms with van der Waals surface area (Å²) in [5.41, 5.74) is 1.82. The molecule has 0 unspecified atom stereocenters. The fourth-order valence-electron chi connectivity index (χ4n) is 2.02. The monoisotopic (exact) mass is 329 g/mol. The van der Waals surface area contributed by atoms with Crippen LogP contribution in [0.2, 0.25) is 0 Å². The molecule has 0 fully saturated rings. The average molecular weight is 330 g/mol. The predicted octanol–water partition coefficient (Wildman–Crippen LogP) is 4.78. The van der Waals surface area contributed by atoms with Gasteiger partial charge in [-0.3, -0.25) is 0 Å². The lowest BCUT2D eigenvalue weighted by molar-refractivity contribution is 0.412. The van der Waals surface area contributed by atoms with Gasteiger partial charge in [0.05, 0.1) is 23.3 Å². The van der Waals surface area contributed by atoms with Crippen molar-refractivity contribution in [2.24, 2.45) is 0 Å². The van der Waals surface area contributed by atoms with Crippen LogP contribution in [0, 0.1) is 0 Å². The van der Waals surface area contributed by atoms with Crippen molar-refractivity contribution in [1.29, 1.82) is 0 Å². The summed E-state index contributed by atoms with van der Waals surface area (Å²) in [5.74, 6) is 2.02. The van der Waals surface area contributed by atoms with E-state index in [-0.39, 0.29) is 0 Å². The summed E-state index contributed by atoms with van der Waals surface area (Å²) in [6.45, 7) is 0. The third-order valence-electron chi connectivity index (χ3n) is 2.96. The molecule has 0 radical (unpaired) electrons. The minimum Gasteiger partial charge on any atom is -0.495 e. The average Bonchev–Trinajstić information content (AvgIpc) is 2.97. The smallest absolute Gasteiger partial charge is 0.226 e. The molecule has 20 heavy (non-hydrogen) atoms. The zero-order chi connectivity index (χ0) is 13.9. The summed E-state index contributed by atoms with van der Waals surface area (Å²) >= 11 is 3.47. The first-order chi connectivity index (χ1) is 9.79. The molecule has 0 atom stereocenters. The van der Waals surface area contributed by atoms with Crippen LogP contribution >= 0.6 is 15.9 Å². The molecule has 4 heteroatoms. The largest absolute Gasteiger partial charge is 0.495 e. The van der Waals surface area contributed by atoms with Gasteiger partial charge in [-0.15, -0.1) is 0 Å². The molecule has 100 valence electrons. The maximum absolute atomic E-state index is 5.84. The minimum absolute atomic E-state index is 0.600. The van der Waals surface area contributed by atoms with Crippen molar-refractivity contribution in [1.82, 2.24) is 4.98 Å². The van der Waals surface area contributed by atoms with Gasteiger partial charge in [0.2, 0.25) is 5.89 Å². The number of hydrogen-bond acceptors (Lipinski definition) is 3. The van der Waals surface area contributed by atoms with Gasteiger partial charge < -0.3 is 9.15 Å². The van der Waals surface area contributed by atoms with Crippen molar-refractivity contribution in [3.8, 4) is 28.5 Å². The van der Waals surface area contributed by atoms with Crippen molar-refractivity contribution in [2.45, 2.75) is 0 Å². The van der Waals surface area contributed by atoms with Crippen LogP contribution in [0.4, 0.5) is 0 Å². The highest BCUT2D eigenvalue weighted by molar-refractivity contribution is 9.10. The summed E-state index contributed by atoms with van der Waals surface area (Å²) in [6.07, 6.45) is 1.71. The maximum Gasteiger partial charge on any atom is 0.226 e. The Hall–Kier alpha value is -2.07. The van der Waals surface area contributed by atoms with E-state index in [1.165, 1.54) is 0 Å². The number of ether oxygens (including phenoxy) is 1. The number of oxazole rings is 1. The quantitative estimate of drug-likeness (QED) is 0.693. The predicted molar refractivity (Wildman–Crippen MR) is 81.6 cm³/mol. The van der Waals surface area contributed by atoms with Crippen LogP contribution in [0.25, 0.3) is 22.8 Å². The van der Waals surface area contributed by atoms with E-state index < -0.39 is 0 Å². The second kappa shape index (κ2) is 5.51. The molecule has 3 nitrogen and oxygen atoms in total. The van der Waals surface area contributed by atoms with Crippen LogP contribution in [-0.2, 0) is 0 Å². The Labute approximate surface area is 125 Å². The lowest BCUT2D eigenvalue weighted by Gasteiger charge is -2.07. The molecule has 0 spiro atoms. The first-order valence-electron chi connectivity index (χ1n) is 6.13. The summed E-state index contributed by atoms with van der Waals surface area (Å²) < 4.78 is 12.1. The van der Waals surface area contributed by atoms with Crippen LogP contribution in [-0.4, -0.2) is 12.1 Å². The van der Waals surface area contributed by atoms with Gasteiger partial charge in [-0.05, 0) is 40.2 Å². The molecule has 0 amide bonds. The molecule has 1 aromatic heterocycles. The Kier molecular flexibility index (Phi) is 3.56. The molecule has 1 heterocycles. The zero-order valence-corrected chi connectivity index (χ0v) is 12.4. The van der Waals surface area contributed by atoms with E-state index in [1.54, 1.807) is 13.3 Å². The highest BCUT2D eigenvalue weighted by atomic mass is 79.9. The third kappa shape index (κ3) is 2.34. The third-order valence-corrected chi connectivity index (χ3v) is 3.59. The topological polar surface area (TPSA) is 35.3 Å². The van der Waals surface area contributed by atoms with E-state index in [4.69, 9.17) is 9.15 Å². The molecule has 2 aromatic carbocycles. The number of benzene rings is 2. The van der Waals surface area contributed by atoms with E-state index in [2.05, 4.69) is 20.9 Å². The van der Waals surface area contributed by atoms with Gasteiger partial charge >= 0.3 is 0 Å². The highest BCUT2D eigenvalue weighted by Gasteiger charge is 2.14.